The first-order valence-corrected chi connectivity index (χ1v) is 9.26. The molecular formula is C17H15Cl2NO3S. The Labute approximate surface area is 154 Å². The Hall–Kier alpha value is -1.56. The lowest BCUT2D eigenvalue weighted by atomic mass is 10.1. The highest BCUT2D eigenvalue weighted by molar-refractivity contribution is 7.98. The molecule has 1 aliphatic heterocycles. The van der Waals surface area contributed by atoms with Crippen molar-refractivity contribution in [1.29, 1.82) is 0 Å². The van der Waals surface area contributed by atoms with Crippen LogP contribution in [0.25, 0.3) is 0 Å². The van der Waals surface area contributed by atoms with E-state index in [0.717, 1.165) is 10.5 Å². The summed E-state index contributed by atoms with van der Waals surface area (Å²) in [6, 6.07) is 8.96. The zero-order valence-electron chi connectivity index (χ0n) is 12.9. The SMILES string of the molecule is CSc1ccc(Cl)c(C(=O)NCc2cc(Cl)c3c(c2)OCCO3)c1. The van der Waals surface area contributed by atoms with Gasteiger partial charge in [0.1, 0.15) is 13.2 Å². The average molecular weight is 384 g/mol. The van der Waals surface area contributed by atoms with Crippen LogP contribution in [0.5, 0.6) is 11.5 Å². The number of amides is 1. The third-order valence-electron chi connectivity index (χ3n) is 3.53. The Balaban J connectivity index is 1.74. The monoisotopic (exact) mass is 383 g/mol. The van der Waals surface area contributed by atoms with E-state index in [0.29, 0.717) is 46.9 Å². The highest BCUT2D eigenvalue weighted by Crippen LogP contribution is 2.38. The van der Waals surface area contributed by atoms with Gasteiger partial charge in [0.15, 0.2) is 11.5 Å². The fraction of sp³-hybridized carbons (Fsp3) is 0.235. The van der Waals surface area contributed by atoms with E-state index in [4.69, 9.17) is 32.7 Å². The number of carbonyl (C=O) groups excluding carboxylic acids is 1. The number of carbonyl (C=O) groups is 1. The number of thioether (sulfide) groups is 1. The quantitative estimate of drug-likeness (QED) is 0.793. The van der Waals surface area contributed by atoms with E-state index in [2.05, 4.69) is 5.32 Å². The Kier molecular flexibility index (Phi) is 5.43. The number of benzene rings is 2. The van der Waals surface area contributed by atoms with Crippen LogP contribution in [0.2, 0.25) is 10.0 Å². The molecule has 7 heteroatoms. The number of fused-ring (bicyclic) bond motifs is 1. The van der Waals surface area contributed by atoms with Crippen molar-refractivity contribution in [3.63, 3.8) is 0 Å². The van der Waals surface area contributed by atoms with Gasteiger partial charge in [0, 0.05) is 11.4 Å². The Bertz CT molecular complexity index is 783. The van der Waals surface area contributed by atoms with Crippen LogP contribution in [-0.4, -0.2) is 25.4 Å². The molecule has 0 bridgehead atoms. The second kappa shape index (κ2) is 7.55. The molecule has 0 radical (unpaired) electrons. The maximum Gasteiger partial charge on any atom is 0.253 e. The van der Waals surface area contributed by atoms with E-state index in [1.807, 2.05) is 18.4 Å². The summed E-state index contributed by atoms with van der Waals surface area (Å²) in [5, 5.41) is 3.75. The molecule has 3 rings (SSSR count). The van der Waals surface area contributed by atoms with Crippen molar-refractivity contribution in [2.24, 2.45) is 0 Å². The van der Waals surface area contributed by atoms with Gasteiger partial charge < -0.3 is 14.8 Å². The normalized spacial score (nSPS) is 12.8. The molecule has 2 aromatic carbocycles. The summed E-state index contributed by atoms with van der Waals surface area (Å²) in [6.07, 6.45) is 1.95. The van der Waals surface area contributed by atoms with Gasteiger partial charge >= 0.3 is 0 Å². The van der Waals surface area contributed by atoms with Crippen molar-refractivity contribution in [2.75, 3.05) is 19.5 Å². The first-order valence-electron chi connectivity index (χ1n) is 7.28. The van der Waals surface area contributed by atoms with Crippen molar-refractivity contribution in [2.45, 2.75) is 11.4 Å². The molecule has 24 heavy (non-hydrogen) atoms. The summed E-state index contributed by atoms with van der Waals surface area (Å²) in [6.45, 7) is 1.28. The predicted octanol–water partition coefficient (Wildman–Crippen LogP) is 4.42. The average Bonchev–Trinajstić information content (AvgIpc) is 2.60. The molecule has 1 aliphatic rings. The molecule has 2 aromatic rings. The molecule has 4 nitrogen and oxygen atoms in total. The smallest absolute Gasteiger partial charge is 0.253 e. The Morgan fingerprint density at radius 3 is 2.75 bits per heavy atom. The van der Waals surface area contributed by atoms with E-state index >= 15 is 0 Å². The molecule has 0 spiro atoms. The third-order valence-corrected chi connectivity index (χ3v) is 4.86. The van der Waals surface area contributed by atoms with E-state index < -0.39 is 0 Å². The van der Waals surface area contributed by atoms with Crippen molar-refractivity contribution >= 4 is 40.9 Å². The van der Waals surface area contributed by atoms with Gasteiger partial charge in [0.25, 0.3) is 5.91 Å². The Morgan fingerprint density at radius 1 is 1.17 bits per heavy atom. The van der Waals surface area contributed by atoms with Gasteiger partial charge in [-0.2, -0.15) is 0 Å². The zero-order chi connectivity index (χ0) is 17.1. The summed E-state index contributed by atoms with van der Waals surface area (Å²) in [7, 11) is 0. The lowest BCUT2D eigenvalue weighted by molar-refractivity contribution is 0.0950. The lowest BCUT2D eigenvalue weighted by Gasteiger charge is -2.20. The van der Waals surface area contributed by atoms with Crippen molar-refractivity contribution in [1.82, 2.24) is 5.32 Å². The minimum atomic E-state index is -0.234. The number of hydrogen-bond donors (Lipinski definition) is 1. The number of rotatable bonds is 4. The number of halogens is 2. The van der Waals surface area contributed by atoms with Crippen LogP contribution < -0.4 is 14.8 Å². The summed E-state index contributed by atoms with van der Waals surface area (Å²) < 4.78 is 11.0. The van der Waals surface area contributed by atoms with E-state index in [9.17, 15) is 4.79 Å². The van der Waals surface area contributed by atoms with Crippen LogP contribution in [0.3, 0.4) is 0 Å². The molecule has 0 fully saturated rings. The van der Waals surface area contributed by atoms with Crippen LogP contribution in [0.4, 0.5) is 0 Å². The third kappa shape index (κ3) is 3.74. The summed E-state index contributed by atoms with van der Waals surface area (Å²) >= 11 is 13.9. The van der Waals surface area contributed by atoms with Crippen molar-refractivity contribution in [3.05, 3.63) is 51.5 Å². The van der Waals surface area contributed by atoms with E-state index in [1.54, 1.807) is 30.0 Å². The van der Waals surface area contributed by atoms with E-state index in [-0.39, 0.29) is 5.91 Å². The number of hydrogen-bond acceptors (Lipinski definition) is 4. The summed E-state index contributed by atoms with van der Waals surface area (Å²) in [4.78, 5) is 13.4. The van der Waals surface area contributed by atoms with Crippen LogP contribution in [0, 0.1) is 0 Å². The maximum absolute atomic E-state index is 12.4. The molecule has 0 aliphatic carbocycles. The first-order chi connectivity index (χ1) is 11.6. The molecule has 0 unspecified atom stereocenters. The van der Waals surface area contributed by atoms with Crippen LogP contribution in [0.15, 0.2) is 35.2 Å². The molecule has 1 N–H and O–H groups in total. The van der Waals surface area contributed by atoms with Gasteiger partial charge in [-0.3, -0.25) is 4.79 Å². The highest BCUT2D eigenvalue weighted by atomic mass is 35.5. The minimum Gasteiger partial charge on any atom is -0.486 e. The molecule has 0 saturated carbocycles. The molecular weight excluding hydrogens is 369 g/mol. The fourth-order valence-electron chi connectivity index (χ4n) is 2.35. The van der Waals surface area contributed by atoms with Crippen LogP contribution in [0.1, 0.15) is 15.9 Å². The molecule has 0 aromatic heterocycles. The maximum atomic E-state index is 12.4. The molecule has 1 heterocycles. The summed E-state index contributed by atoms with van der Waals surface area (Å²) in [5.41, 5.74) is 1.28. The van der Waals surface area contributed by atoms with Gasteiger partial charge in [-0.25, -0.2) is 0 Å². The molecule has 1 amide bonds. The molecule has 126 valence electrons. The largest absolute Gasteiger partial charge is 0.486 e. The highest BCUT2D eigenvalue weighted by Gasteiger charge is 2.17. The number of nitrogens with one attached hydrogen (secondary N) is 1. The zero-order valence-corrected chi connectivity index (χ0v) is 15.2. The predicted molar refractivity (Wildman–Crippen MR) is 96.8 cm³/mol. The van der Waals surface area contributed by atoms with E-state index in [1.165, 1.54) is 0 Å². The van der Waals surface area contributed by atoms with Gasteiger partial charge in [0.2, 0.25) is 0 Å². The van der Waals surface area contributed by atoms with Gasteiger partial charge in [-0.05, 0) is 42.2 Å². The second-order valence-electron chi connectivity index (χ2n) is 5.13. The standard InChI is InChI=1S/C17H15Cl2NO3S/c1-24-11-2-3-13(18)12(8-11)17(21)20-9-10-6-14(19)16-15(7-10)22-4-5-23-16/h2-3,6-8H,4-5,9H2,1H3,(H,20,21). The molecule has 0 atom stereocenters. The Morgan fingerprint density at radius 2 is 1.96 bits per heavy atom. The van der Waals surface area contributed by atoms with Gasteiger partial charge in [-0.1, -0.05) is 23.2 Å². The second-order valence-corrected chi connectivity index (χ2v) is 6.82. The lowest BCUT2D eigenvalue weighted by Crippen LogP contribution is -2.23. The minimum absolute atomic E-state index is 0.234. The number of ether oxygens (including phenoxy) is 2. The van der Waals surface area contributed by atoms with Gasteiger partial charge in [-0.15, -0.1) is 11.8 Å². The summed E-state index contributed by atoms with van der Waals surface area (Å²) in [5.74, 6) is 0.913. The fourth-order valence-corrected chi connectivity index (χ4v) is 3.28. The molecule has 0 saturated heterocycles. The van der Waals surface area contributed by atoms with Crippen molar-refractivity contribution < 1.29 is 14.3 Å². The first kappa shape index (κ1) is 17.3. The van der Waals surface area contributed by atoms with Crippen molar-refractivity contribution in [3.8, 4) is 11.5 Å². The van der Waals surface area contributed by atoms with Crippen LogP contribution >= 0.6 is 35.0 Å². The topological polar surface area (TPSA) is 47.6 Å². The van der Waals surface area contributed by atoms with Gasteiger partial charge in [0.05, 0.1) is 15.6 Å². The van der Waals surface area contributed by atoms with Crippen LogP contribution in [-0.2, 0) is 6.54 Å².